The van der Waals surface area contributed by atoms with E-state index in [1.54, 1.807) is 13.3 Å². The topological polar surface area (TPSA) is 24.4 Å². The highest BCUT2D eigenvalue weighted by Crippen LogP contribution is 1.41. The Kier molecular flexibility index (Phi) is 24.8. The molecule has 0 rings (SSSR count). The molecule has 7 heavy (non-hydrogen) atoms. The van der Waals surface area contributed by atoms with Crippen LogP contribution in [0.5, 0.6) is 0 Å². The summed E-state index contributed by atoms with van der Waals surface area (Å²) in [5, 5.41) is 3.60. The summed E-state index contributed by atoms with van der Waals surface area (Å²) in [6, 6.07) is 0. The van der Waals surface area contributed by atoms with Crippen LogP contribution in [0.15, 0.2) is 5.10 Å². The minimum Gasteiger partial charge on any atom is -0.313 e. The molecule has 0 atom stereocenters. The molecule has 0 aromatic carbocycles. The van der Waals surface area contributed by atoms with Gasteiger partial charge >= 0.3 is 0 Å². The van der Waals surface area contributed by atoms with Crippen molar-refractivity contribution in [2.24, 2.45) is 5.10 Å². The fourth-order valence-corrected chi connectivity index (χ4v) is 0.129. The fourth-order valence-electron chi connectivity index (χ4n) is 0.129. The summed E-state index contributed by atoms with van der Waals surface area (Å²) in [5.74, 6) is 0. The standard InChI is InChI=1S/C3H8N2.C2H6/c1-3-5-4-2;1-2/h3-4H,1-2H3;1-2H3/b5-3-;. The molecule has 0 heterocycles. The lowest BCUT2D eigenvalue weighted by Gasteiger charge is -1.75. The van der Waals surface area contributed by atoms with E-state index in [0.717, 1.165) is 0 Å². The van der Waals surface area contributed by atoms with Gasteiger partial charge in [-0.15, -0.1) is 0 Å². The third-order valence-electron chi connectivity index (χ3n) is 0.258. The molecule has 2 nitrogen and oxygen atoms in total. The maximum absolute atomic E-state index is 3.60. The number of rotatable bonds is 1. The summed E-state index contributed by atoms with van der Waals surface area (Å²) in [5.41, 5.74) is 2.59. The molecule has 0 bridgehead atoms. The van der Waals surface area contributed by atoms with Crippen molar-refractivity contribution >= 4 is 6.21 Å². The number of nitrogens with zero attached hydrogens (tertiary/aromatic N) is 1. The van der Waals surface area contributed by atoms with Gasteiger partial charge in [-0.1, -0.05) is 13.8 Å². The molecule has 2 heteroatoms. The van der Waals surface area contributed by atoms with E-state index < -0.39 is 0 Å². The molecule has 0 fully saturated rings. The van der Waals surface area contributed by atoms with Crippen molar-refractivity contribution in [2.75, 3.05) is 7.05 Å². The van der Waals surface area contributed by atoms with Crippen LogP contribution in [0.2, 0.25) is 0 Å². The smallest absolute Gasteiger partial charge is 0.0217 e. The van der Waals surface area contributed by atoms with Crippen molar-refractivity contribution in [3.8, 4) is 0 Å². The van der Waals surface area contributed by atoms with Gasteiger partial charge in [-0.05, 0) is 6.92 Å². The normalized spacial score (nSPS) is 7.43. The van der Waals surface area contributed by atoms with Crippen molar-refractivity contribution in [1.82, 2.24) is 5.43 Å². The van der Waals surface area contributed by atoms with Crippen LogP contribution >= 0.6 is 0 Å². The largest absolute Gasteiger partial charge is 0.313 e. The first-order chi connectivity index (χ1) is 3.41. The van der Waals surface area contributed by atoms with Crippen LogP contribution in [0.3, 0.4) is 0 Å². The lowest BCUT2D eigenvalue weighted by molar-refractivity contribution is 0.906. The van der Waals surface area contributed by atoms with Crippen molar-refractivity contribution in [3.63, 3.8) is 0 Å². The second-order valence-electron chi connectivity index (χ2n) is 0.611. The predicted molar refractivity (Wildman–Crippen MR) is 34.6 cm³/mol. The van der Waals surface area contributed by atoms with Gasteiger partial charge in [0.2, 0.25) is 0 Å². The number of nitrogens with one attached hydrogen (secondary N) is 1. The van der Waals surface area contributed by atoms with Gasteiger partial charge in [0.1, 0.15) is 0 Å². The molecular weight excluding hydrogens is 88.1 g/mol. The van der Waals surface area contributed by atoms with E-state index in [-0.39, 0.29) is 0 Å². The average Bonchev–Trinajstić information content (AvgIpc) is 1.75. The Morgan fingerprint density at radius 2 is 1.86 bits per heavy atom. The van der Waals surface area contributed by atoms with Gasteiger partial charge in [-0.3, -0.25) is 0 Å². The predicted octanol–water partition coefficient (Wildman–Crippen LogP) is 1.24. The first-order valence-corrected chi connectivity index (χ1v) is 2.56. The van der Waals surface area contributed by atoms with Gasteiger partial charge in [0.25, 0.3) is 0 Å². The third kappa shape index (κ3) is 30.5. The monoisotopic (exact) mass is 102 g/mol. The minimum atomic E-state index is 1.69. The van der Waals surface area contributed by atoms with E-state index in [0.29, 0.717) is 0 Å². The van der Waals surface area contributed by atoms with Gasteiger partial charge in [-0.25, -0.2) is 0 Å². The van der Waals surface area contributed by atoms with Crippen LogP contribution in [0, 0.1) is 0 Å². The van der Waals surface area contributed by atoms with E-state index in [4.69, 9.17) is 0 Å². The molecule has 0 saturated carbocycles. The Labute approximate surface area is 45.6 Å². The summed E-state index contributed by atoms with van der Waals surface area (Å²) < 4.78 is 0. The second-order valence-corrected chi connectivity index (χ2v) is 0.611. The zero-order chi connectivity index (χ0) is 6.12. The van der Waals surface area contributed by atoms with E-state index in [2.05, 4.69) is 10.5 Å². The molecule has 0 radical (unpaired) electrons. The second kappa shape index (κ2) is 17.9. The molecule has 0 saturated heterocycles. The fraction of sp³-hybridized carbons (Fsp3) is 0.800. The van der Waals surface area contributed by atoms with Gasteiger partial charge < -0.3 is 5.43 Å². The van der Waals surface area contributed by atoms with Crippen LogP contribution in [0.25, 0.3) is 0 Å². The first kappa shape index (κ1) is 9.69. The molecule has 0 aromatic heterocycles. The molecule has 0 aromatic rings. The van der Waals surface area contributed by atoms with Gasteiger partial charge in [0, 0.05) is 13.3 Å². The van der Waals surface area contributed by atoms with Crippen LogP contribution < -0.4 is 5.43 Å². The summed E-state index contributed by atoms with van der Waals surface area (Å²) in [7, 11) is 1.76. The summed E-state index contributed by atoms with van der Waals surface area (Å²) in [6.45, 7) is 5.86. The summed E-state index contributed by atoms with van der Waals surface area (Å²) in [4.78, 5) is 0. The van der Waals surface area contributed by atoms with Crippen molar-refractivity contribution in [3.05, 3.63) is 0 Å². The lowest BCUT2D eigenvalue weighted by Crippen LogP contribution is -1.90. The first-order valence-electron chi connectivity index (χ1n) is 2.56. The van der Waals surface area contributed by atoms with Crippen LogP contribution in [-0.4, -0.2) is 13.3 Å². The van der Waals surface area contributed by atoms with E-state index in [9.17, 15) is 0 Å². The summed E-state index contributed by atoms with van der Waals surface area (Å²) >= 11 is 0. The van der Waals surface area contributed by atoms with Crippen molar-refractivity contribution < 1.29 is 0 Å². The highest BCUT2D eigenvalue weighted by molar-refractivity contribution is 5.52. The highest BCUT2D eigenvalue weighted by Gasteiger charge is 1.44. The third-order valence-corrected chi connectivity index (χ3v) is 0.258. The highest BCUT2D eigenvalue weighted by atomic mass is 15.2. The zero-order valence-corrected chi connectivity index (χ0v) is 5.52. The van der Waals surface area contributed by atoms with Crippen LogP contribution in [0.1, 0.15) is 20.8 Å². The lowest BCUT2D eigenvalue weighted by atomic mass is 10.9. The van der Waals surface area contributed by atoms with E-state index in [1.165, 1.54) is 0 Å². The molecule has 0 unspecified atom stereocenters. The molecular formula is C5H14N2. The Hall–Kier alpha value is -0.530. The van der Waals surface area contributed by atoms with Crippen LogP contribution in [-0.2, 0) is 0 Å². The Bertz CT molecular complexity index is 33.1. The number of hydrogen-bond donors (Lipinski definition) is 1. The summed E-state index contributed by atoms with van der Waals surface area (Å²) in [6.07, 6.45) is 1.69. The Morgan fingerprint density at radius 1 is 1.43 bits per heavy atom. The Balaban J connectivity index is 0. The molecule has 0 aliphatic heterocycles. The zero-order valence-electron chi connectivity index (χ0n) is 5.52. The molecule has 0 spiro atoms. The van der Waals surface area contributed by atoms with E-state index in [1.807, 2.05) is 20.8 Å². The number of hydrazone groups is 1. The quantitative estimate of drug-likeness (QED) is 0.391. The molecule has 0 amide bonds. The molecule has 0 aliphatic rings. The van der Waals surface area contributed by atoms with E-state index >= 15 is 0 Å². The molecule has 44 valence electrons. The maximum Gasteiger partial charge on any atom is 0.0217 e. The molecule has 0 aliphatic carbocycles. The minimum absolute atomic E-state index is 1.69. The molecule has 1 N–H and O–H groups in total. The maximum atomic E-state index is 3.60. The number of hydrogen-bond acceptors (Lipinski definition) is 2. The van der Waals surface area contributed by atoms with Gasteiger partial charge in [0.05, 0.1) is 0 Å². The SMILES string of the molecule is C/C=N\NC.CC. The van der Waals surface area contributed by atoms with Crippen molar-refractivity contribution in [1.29, 1.82) is 0 Å². The average molecular weight is 102 g/mol. The van der Waals surface area contributed by atoms with Crippen LogP contribution in [0.4, 0.5) is 0 Å². The van der Waals surface area contributed by atoms with Crippen molar-refractivity contribution in [2.45, 2.75) is 20.8 Å². The van der Waals surface area contributed by atoms with Gasteiger partial charge in [-0.2, -0.15) is 5.10 Å². The van der Waals surface area contributed by atoms with Gasteiger partial charge in [0.15, 0.2) is 0 Å². The Morgan fingerprint density at radius 3 is 1.86 bits per heavy atom.